The zero-order valence-electron chi connectivity index (χ0n) is 12.9. The minimum atomic E-state index is -0.0844. The van der Waals surface area contributed by atoms with Crippen molar-refractivity contribution in [1.29, 1.82) is 0 Å². The Hall–Kier alpha value is -1.59. The highest BCUT2D eigenvalue weighted by atomic mass is 35.5. The summed E-state index contributed by atoms with van der Waals surface area (Å²) in [5.41, 5.74) is 0.653. The third kappa shape index (κ3) is 5.66. The molecular formula is C16H24ClN3O2. The van der Waals surface area contributed by atoms with Crippen LogP contribution in [0.5, 0.6) is 0 Å². The molecule has 1 unspecified atom stereocenters. The van der Waals surface area contributed by atoms with Crippen LogP contribution in [0, 0.1) is 0 Å². The summed E-state index contributed by atoms with van der Waals surface area (Å²) in [4.78, 5) is 25.8. The maximum atomic E-state index is 12.0. The number of nitrogens with zero attached hydrogens (tertiary/aromatic N) is 1. The molecule has 1 aromatic rings. The second-order valence-corrected chi connectivity index (χ2v) is 5.42. The van der Waals surface area contributed by atoms with Gasteiger partial charge in [-0.15, -0.1) is 12.4 Å². The molecule has 0 bridgehead atoms. The van der Waals surface area contributed by atoms with Gasteiger partial charge in [0.1, 0.15) is 0 Å². The fourth-order valence-corrected chi connectivity index (χ4v) is 2.45. The van der Waals surface area contributed by atoms with E-state index in [1.54, 1.807) is 12.1 Å². The first-order chi connectivity index (χ1) is 10.2. The van der Waals surface area contributed by atoms with Gasteiger partial charge in [0, 0.05) is 44.2 Å². The molecule has 1 heterocycles. The summed E-state index contributed by atoms with van der Waals surface area (Å²) in [6.45, 7) is 5.02. The molecule has 122 valence electrons. The number of piperazine rings is 1. The minimum absolute atomic E-state index is 0. The number of nitrogens with one attached hydrogen (secondary N) is 2. The van der Waals surface area contributed by atoms with Crippen molar-refractivity contribution in [1.82, 2.24) is 15.5 Å². The lowest BCUT2D eigenvalue weighted by Gasteiger charge is -2.32. The van der Waals surface area contributed by atoms with Crippen molar-refractivity contribution in [2.75, 3.05) is 26.2 Å². The topological polar surface area (TPSA) is 61.4 Å². The summed E-state index contributed by atoms with van der Waals surface area (Å²) in [5, 5.41) is 6.16. The highest BCUT2D eigenvalue weighted by Gasteiger charge is 2.19. The molecule has 0 radical (unpaired) electrons. The van der Waals surface area contributed by atoms with Crippen LogP contribution in [0.25, 0.3) is 0 Å². The number of hydrogen-bond donors (Lipinski definition) is 2. The van der Waals surface area contributed by atoms with Gasteiger partial charge in [0.15, 0.2) is 0 Å². The lowest BCUT2D eigenvalue weighted by molar-refractivity contribution is -0.132. The maximum Gasteiger partial charge on any atom is 0.251 e. The third-order valence-electron chi connectivity index (χ3n) is 3.61. The Balaban J connectivity index is 0.00000242. The summed E-state index contributed by atoms with van der Waals surface area (Å²) in [6.07, 6.45) is 1.16. The predicted octanol–water partition coefficient (Wildman–Crippen LogP) is 1.44. The molecule has 2 N–H and O–H groups in total. The van der Waals surface area contributed by atoms with Crippen molar-refractivity contribution in [2.24, 2.45) is 0 Å². The average molecular weight is 326 g/mol. The number of amides is 2. The summed E-state index contributed by atoms with van der Waals surface area (Å²) in [7, 11) is 0. The normalized spacial score (nSPS) is 17.5. The van der Waals surface area contributed by atoms with Gasteiger partial charge in [-0.1, -0.05) is 18.2 Å². The molecular weight excluding hydrogens is 302 g/mol. The summed E-state index contributed by atoms with van der Waals surface area (Å²) in [5.74, 6) is 0.0937. The molecule has 1 aliphatic heterocycles. The lowest BCUT2D eigenvalue weighted by atomic mass is 10.2. The van der Waals surface area contributed by atoms with Crippen LogP contribution in [-0.4, -0.2) is 48.9 Å². The van der Waals surface area contributed by atoms with Crippen molar-refractivity contribution in [3.05, 3.63) is 35.9 Å². The fourth-order valence-electron chi connectivity index (χ4n) is 2.45. The largest absolute Gasteiger partial charge is 0.352 e. The van der Waals surface area contributed by atoms with Crippen LogP contribution in [0.1, 0.15) is 30.1 Å². The van der Waals surface area contributed by atoms with Crippen LogP contribution in [-0.2, 0) is 4.79 Å². The van der Waals surface area contributed by atoms with Crippen molar-refractivity contribution in [3.63, 3.8) is 0 Å². The zero-order valence-corrected chi connectivity index (χ0v) is 13.7. The van der Waals surface area contributed by atoms with Crippen LogP contribution < -0.4 is 10.6 Å². The molecule has 0 aromatic heterocycles. The molecule has 1 aliphatic rings. The summed E-state index contributed by atoms with van der Waals surface area (Å²) in [6, 6.07) is 9.48. The van der Waals surface area contributed by atoms with E-state index in [0.29, 0.717) is 31.0 Å². The van der Waals surface area contributed by atoms with E-state index < -0.39 is 0 Å². The Morgan fingerprint density at radius 3 is 2.73 bits per heavy atom. The Kier molecular flexibility index (Phi) is 7.91. The van der Waals surface area contributed by atoms with E-state index >= 15 is 0 Å². The molecule has 22 heavy (non-hydrogen) atoms. The van der Waals surface area contributed by atoms with E-state index in [9.17, 15) is 9.59 Å². The first-order valence-corrected chi connectivity index (χ1v) is 7.51. The van der Waals surface area contributed by atoms with Gasteiger partial charge in [0.25, 0.3) is 5.91 Å². The van der Waals surface area contributed by atoms with Crippen molar-refractivity contribution in [2.45, 2.75) is 25.8 Å². The monoisotopic (exact) mass is 325 g/mol. The highest BCUT2D eigenvalue weighted by Crippen LogP contribution is 2.03. The van der Waals surface area contributed by atoms with E-state index in [2.05, 4.69) is 17.6 Å². The Labute approximate surface area is 137 Å². The van der Waals surface area contributed by atoms with Crippen LogP contribution in [0.15, 0.2) is 30.3 Å². The van der Waals surface area contributed by atoms with Gasteiger partial charge in [-0.2, -0.15) is 0 Å². The van der Waals surface area contributed by atoms with Crippen LogP contribution in [0.3, 0.4) is 0 Å². The molecule has 0 spiro atoms. The Morgan fingerprint density at radius 2 is 2.05 bits per heavy atom. The number of carbonyl (C=O) groups excluding carboxylic acids is 2. The maximum absolute atomic E-state index is 12.0. The summed E-state index contributed by atoms with van der Waals surface area (Å²) >= 11 is 0. The summed E-state index contributed by atoms with van der Waals surface area (Å²) < 4.78 is 0. The molecule has 1 saturated heterocycles. The van der Waals surface area contributed by atoms with Crippen LogP contribution in [0.4, 0.5) is 0 Å². The van der Waals surface area contributed by atoms with E-state index in [-0.39, 0.29) is 24.2 Å². The third-order valence-corrected chi connectivity index (χ3v) is 3.61. The second kappa shape index (κ2) is 9.43. The van der Waals surface area contributed by atoms with Crippen molar-refractivity contribution in [3.8, 4) is 0 Å². The van der Waals surface area contributed by atoms with E-state index in [1.165, 1.54) is 0 Å². The first kappa shape index (κ1) is 18.5. The Morgan fingerprint density at radius 1 is 1.32 bits per heavy atom. The number of rotatable bonds is 5. The quantitative estimate of drug-likeness (QED) is 0.805. The first-order valence-electron chi connectivity index (χ1n) is 7.51. The fraction of sp³-hybridized carbons (Fsp3) is 0.500. The smallest absolute Gasteiger partial charge is 0.251 e. The Bertz CT molecular complexity index is 482. The molecule has 2 amide bonds. The van der Waals surface area contributed by atoms with Gasteiger partial charge < -0.3 is 15.5 Å². The van der Waals surface area contributed by atoms with Crippen molar-refractivity contribution >= 4 is 24.2 Å². The highest BCUT2D eigenvalue weighted by molar-refractivity contribution is 5.94. The second-order valence-electron chi connectivity index (χ2n) is 5.42. The molecule has 1 aromatic carbocycles. The molecule has 6 heteroatoms. The van der Waals surface area contributed by atoms with Crippen LogP contribution >= 0.6 is 12.4 Å². The lowest BCUT2D eigenvalue weighted by Crippen LogP contribution is -2.51. The van der Waals surface area contributed by atoms with Gasteiger partial charge >= 0.3 is 0 Å². The standard InChI is InChI=1S/C16H23N3O2.ClH/c1-13-12-19(11-10-17-13)15(20)8-5-9-18-16(21)14-6-3-2-4-7-14;/h2-4,6-7,13,17H,5,8-12H2,1H3,(H,18,21);1H. The molecule has 0 saturated carbocycles. The van der Waals surface area contributed by atoms with Gasteiger partial charge in [0.2, 0.25) is 5.91 Å². The zero-order chi connectivity index (χ0) is 15.1. The SMILES string of the molecule is CC1CN(C(=O)CCCNC(=O)c2ccccc2)CCN1.Cl. The van der Waals surface area contributed by atoms with Crippen molar-refractivity contribution < 1.29 is 9.59 Å². The van der Waals surface area contributed by atoms with E-state index in [1.807, 2.05) is 23.1 Å². The van der Waals surface area contributed by atoms with Gasteiger partial charge in [-0.3, -0.25) is 9.59 Å². The number of halogens is 1. The molecule has 2 rings (SSSR count). The van der Waals surface area contributed by atoms with Gasteiger partial charge in [-0.05, 0) is 25.5 Å². The molecule has 1 atom stereocenters. The minimum Gasteiger partial charge on any atom is -0.352 e. The van der Waals surface area contributed by atoms with Gasteiger partial charge in [-0.25, -0.2) is 0 Å². The van der Waals surface area contributed by atoms with E-state index in [0.717, 1.165) is 19.6 Å². The molecule has 0 aliphatic carbocycles. The molecule has 1 fully saturated rings. The number of carbonyl (C=O) groups is 2. The average Bonchev–Trinajstić information content (AvgIpc) is 2.52. The number of hydrogen-bond acceptors (Lipinski definition) is 3. The number of benzene rings is 1. The van der Waals surface area contributed by atoms with E-state index in [4.69, 9.17) is 0 Å². The van der Waals surface area contributed by atoms with Crippen LogP contribution in [0.2, 0.25) is 0 Å². The van der Waals surface area contributed by atoms with Gasteiger partial charge in [0.05, 0.1) is 0 Å². The molecule has 5 nitrogen and oxygen atoms in total. The predicted molar refractivity (Wildman–Crippen MR) is 89.3 cm³/mol.